The van der Waals surface area contributed by atoms with Crippen LogP contribution in [0.15, 0.2) is 12.1 Å². The summed E-state index contributed by atoms with van der Waals surface area (Å²) in [6.45, 7) is 7.26. The molecule has 0 atom stereocenters. The smallest absolute Gasteiger partial charge is 0.338 e. The molecular weight excluding hydrogens is 264 g/mol. The van der Waals surface area contributed by atoms with Gasteiger partial charge in [0.15, 0.2) is 0 Å². The van der Waals surface area contributed by atoms with Gasteiger partial charge in [-0.1, -0.05) is 0 Å². The normalized spacial score (nSPS) is 11.6. The van der Waals surface area contributed by atoms with Gasteiger partial charge in [0.1, 0.15) is 5.60 Å². The maximum absolute atomic E-state index is 11.5. The number of carbonyl (C=O) groups excluding carboxylic acids is 2. The van der Waals surface area contributed by atoms with Crippen molar-refractivity contribution in [1.82, 2.24) is 0 Å². The number of methoxy groups -OCH3 is 1. The largest absolute Gasteiger partial charge is 0.465 e. The van der Waals surface area contributed by atoms with Crippen LogP contribution in [0, 0.1) is 6.92 Å². The van der Waals surface area contributed by atoms with Crippen molar-refractivity contribution in [2.75, 3.05) is 7.11 Å². The van der Waals surface area contributed by atoms with Crippen LogP contribution >= 0.6 is 11.3 Å². The van der Waals surface area contributed by atoms with E-state index in [1.807, 2.05) is 27.7 Å². The fraction of sp³-hybridized carbons (Fsp3) is 0.429. The lowest BCUT2D eigenvalue weighted by molar-refractivity contribution is -0.148. The van der Waals surface area contributed by atoms with Crippen molar-refractivity contribution in [2.24, 2.45) is 0 Å². The Morgan fingerprint density at radius 1 is 1.32 bits per heavy atom. The standard InChI is InChI=1S/C14H18O4S/c1-9-11(13(16)17-5)8-10(19-9)6-7-12(15)18-14(2,3)4/h6-8H,1-5H3. The molecule has 0 N–H and O–H groups in total. The van der Waals surface area contributed by atoms with Crippen LogP contribution in [-0.2, 0) is 14.3 Å². The summed E-state index contributed by atoms with van der Waals surface area (Å²) in [5, 5.41) is 0. The molecule has 0 bridgehead atoms. The summed E-state index contributed by atoms with van der Waals surface area (Å²) in [6, 6.07) is 1.70. The van der Waals surface area contributed by atoms with E-state index in [4.69, 9.17) is 4.74 Å². The second kappa shape index (κ2) is 6.02. The summed E-state index contributed by atoms with van der Waals surface area (Å²) in [4.78, 5) is 24.6. The van der Waals surface area contributed by atoms with Crippen LogP contribution in [0.1, 0.15) is 40.9 Å². The third-order valence-corrected chi connectivity index (χ3v) is 3.15. The van der Waals surface area contributed by atoms with Gasteiger partial charge in [-0.2, -0.15) is 0 Å². The predicted octanol–water partition coefficient (Wildman–Crippen LogP) is 3.20. The zero-order chi connectivity index (χ0) is 14.6. The molecule has 0 saturated carbocycles. The number of carbonyl (C=O) groups is 2. The second-order valence-corrected chi connectivity index (χ2v) is 6.26. The first kappa shape index (κ1) is 15.4. The Hall–Kier alpha value is -1.62. The molecule has 0 saturated heterocycles. The molecule has 0 aliphatic heterocycles. The fourth-order valence-corrected chi connectivity index (χ4v) is 2.30. The number of ether oxygens (including phenoxy) is 2. The van der Waals surface area contributed by atoms with E-state index in [1.165, 1.54) is 24.5 Å². The topological polar surface area (TPSA) is 52.6 Å². The van der Waals surface area contributed by atoms with Crippen LogP contribution in [-0.4, -0.2) is 24.6 Å². The van der Waals surface area contributed by atoms with E-state index in [-0.39, 0.29) is 5.97 Å². The fourth-order valence-electron chi connectivity index (χ4n) is 1.39. The zero-order valence-electron chi connectivity index (χ0n) is 11.8. The minimum Gasteiger partial charge on any atom is -0.465 e. The second-order valence-electron chi connectivity index (χ2n) is 4.98. The first-order valence-corrected chi connectivity index (χ1v) is 6.64. The minimum atomic E-state index is -0.510. The van der Waals surface area contributed by atoms with Gasteiger partial charge in [-0.3, -0.25) is 0 Å². The van der Waals surface area contributed by atoms with Gasteiger partial charge in [-0.05, 0) is 39.8 Å². The van der Waals surface area contributed by atoms with Gasteiger partial charge in [0.25, 0.3) is 0 Å². The number of hydrogen-bond acceptors (Lipinski definition) is 5. The molecule has 1 aromatic rings. The van der Waals surface area contributed by atoms with Crippen LogP contribution < -0.4 is 0 Å². The quantitative estimate of drug-likeness (QED) is 0.631. The van der Waals surface area contributed by atoms with Gasteiger partial charge >= 0.3 is 11.9 Å². The number of aryl methyl sites for hydroxylation is 1. The van der Waals surface area contributed by atoms with Crippen molar-refractivity contribution >= 4 is 29.4 Å². The molecule has 0 spiro atoms. The lowest BCUT2D eigenvalue weighted by atomic mass is 10.2. The van der Waals surface area contributed by atoms with Gasteiger partial charge in [0, 0.05) is 15.8 Å². The number of esters is 2. The molecule has 0 amide bonds. The van der Waals surface area contributed by atoms with Crippen LogP contribution in [0.25, 0.3) is 6.08 Å². The molecule has 19 heavy (non-hydrogen) atoms. The van der Waals surface area contributed by atoms with Crippen LogP contribution in [0.3, 0.4) is 0 Å². The third kappa shape index (κ3) is 4.87. The molecule has 104 valence electrons. The van der Waals surface area contributed by atoms with E-state index in [0.717, 1.165) is 9.75 Å². The molecular formula is C14H18O4S. The average molecular weight is 282 g/mol. The lowest BCUT2D eigenvalue weighted by Gasteiger charge is -2.17. The van der Waals surface area contributed by atoms with Crippen LogP contribution in [0.2, 0.25) is 0 Å². The summed E-state index contributed by atoms with van der Waals surface area (Å²) in [5.74, 6) is -0.774. The number of hydrogen-bond donors (Lipinski definition) is 0. The highest BCUT2D eigenvalue weighted by Gasteiger charge is 2.15. The van der Waals surface area contributed by atoms with Crippen LogP contribution in [0.4, 0.5) is 0 Å². The molecule has 5 heteroatoms. The first-order valence-electron chi connectivity index (χ1n) is 5.83. The van der Waals surface area contributed by atoms with Gasteiger partial charge in [-0.15, -0.1) is 11.3 Å². The molecule has 0 aliphatic rings. The van der Waals surface area contributed by atoms with Crippen LogP contribution in [0.5, 0.6) is 0 Å². The van der Waals surface area contributed by atoms with Gasteiger partial charge < -0.3 is 9.47 Å². The molecule has 4 nitrogen and oxygen atoms in total. The minimum absolute atomic E-state index is 0.370. The highest BCUT2D eigenvalue weighted by molar-refractivity contribution is 7.13. The summed E-state index contributed by atoms with van der Waals surface area (Å²) < 4.78 is 9.83. The Labute approximate surface area is 117 Å². The highest BCUT2D eigenvalue weighted by atomic mass is 32.1. The number of thiophene rings is 1. The Morgan fingerprint density at radius 3 is 2.47 bits per heavy atom. The van der Waals surface area contributed by atoms with Crippen molar-refractivity contribution in [3.63, 3.8) is 0 Å². The molecule has 1 heterocycles. The molecule has 0 aliphatic carbocycles. The lowest BCUT2D eigenvalue weighted by Crippen LogP contribution is -2.22. The molecule has 0 unspecified atom stereocenters. The van der Waals surface area contributed by atoms with E-state index in [0.29, 0.717) is 5.56 Å². The Morgan fingerprint density at radius 2 is 1.95 bits per heavy atom. The summed E-state index contributed by atoms with van der Waals surface area (Å²) in [7, 11) is 1.34. The van der Waals surface area contributed by atoms with E-state index < -0.39 is 11.6 Å². The summed E-state index contributed by atoms with van der Waals surface area (Å²) in [6.07, 6.45) is 3.00. The zero-order valence-corrected chi connectivity index (χ0v) is 12.6. The van der Waals surface area contributed by atoms with Gasteiger partial charge in [-0.25, -0.2) is 9.59 Å². The molecule has 1 rings (SSSR count). The van der Waals surface area contributed by atoms with E-state index in [2.05, 4.69) is 4.74 Å². The summed E-state index contributed by atoms with van der Waals surface area (Å²) in [5.41, 5.74) is 0.0144. The first-order chi connectivity index (χ1) is 8.73. The van der Waals surface area contributed by atoms with E-state index in [1.54, 1.807) is 12.1 Å². The van der Waals surface area contributed by atoms with Crippen molar-refractivity contribution in [1.29, 1.82) is 0 Å². The van der Waals surface area contributed by atoms with Gasteiger partial charge in [0.05, 0.1) is 12.7 Å². The summed E-state index contributed by atoms with van der Waals surface area (Å²) >= 11 is 1.42. The van der Waals surface area contributed by atoms with Crippen molar-refractivity contribution in [3.05, 3.63) is 27.5 Å². The Balaban J connectivity index is 2.78. The molecule has 0 radical (unpaired) electrons. The third-order valence-electron chi connectivity index (χ3n) is 2.13. The number of rotatable bonds is 3. The molecule has 1 aromatic heterocycles. The predicted molar refractivity (Wildman–Crippen MR) is 75.3 cm³/mol. The average Bonchev–Trinajstić information content (AvgIpc) is 2.65. The van der Waals surface area contributed by atoms with E-state index >= 15 is 0 Å². The monoisotopic (exact) mass is 282 g/mol. The van der Waals surface area contributed by atoms with Crippen molar-refractivity contribution in [3.8, 4) is 0 Å². The van der Waals surface area contributed by atoms with Gasteiger partial charge in [0.2, 0.25) is 0 Å². The maximum Gasteiger partial charge on any atom is 0.338 e. The van der Waals surface area contributed by atoms with Crippen molar-refractivity contribution in [2.45, 2.75) is 33.3 Å². The Bertz CT molecular complexity index is 506. The highest BCUT2D eigenvalue weighted by Crippen LogP contribution is 2.23. The maximum atomic E-state index is 11.5. The van der Waals surface area contributed by atoms with Crippen molar-refractivity contribution < 1.29 is 19.1 Å². The van der Waals surface area contributed by atoms with E-state index in [9.17, 15) is 9.59 Å². The molecule has 0 fully saturated rings. The Kier molecular flexibility index (Phi) is 4.89. The SMILES string of the molecule is COC(=O)c1cc(C=CC(=O)OC(C)(C)C)sc1C. The molecule has 0 aromatic carbocycles.